The van der Waals surface area contributed by atoms with Gasteiger partial charge in [0, 0.05) is 12.1 Å². The number of carbonyl (C=O) groups is 1. The highest BCUT2D eigenvalue weighted by Gasteiger charge is 2.25. The number of hydrogen-bond donors (Lipinski definition) is 0. The van der Waals surface area contributed by atoms with Crippen molar-refractivity contribution in [3.8, 4) is 11.5 Å². The number of amides is 1. The lowest BCUT2D eigenvalue weighted by Crippen LogP contribution is -2.41. The number of hydrogen-bond acceptors (Lipinski definition) is 5. The maximum absolute atomic E-state index is 12.7. The van der Waals surface area contributed by atoms with E-state index in [1.54, 1.807) is 22.8 Å². The minimum absolute atomic E-state index is 0.229. The van der Waals surface area contributed by atoms with Gasteiger partial charge in [0.2, 0.25) is 0 Å². The Morgan fingerprint density at radius 1 is 1.21 bits per heavy atom. The van der Waals surface area contributed by atoms with Gasteiger partial charge in [-0.15, -0.1) is 5.10 Å². The van der Waals surface area contributed by atoms with Crippen LogP contribution in [0.5, 0.6) is 11.5 Å². The summed E-state index contributed by atoms with van der Waals surface area (Å²) in [5, 5.41) is 8.69. The molecule has 0 bridgehead atoms. The molecule has 0 N–H and O–H groups in total. The lowest BCUT2D eigenvalue weighted by Gasteiger charge is -2.29. The molecule has 0 radical (unpaired) electrons. The maximum atomic E-state index is 12.7. The van der Waals surface area contributed by atoms with E-state index in [0.29, 0.717) is 30.5 Å². The SMILES string of the molecule is CN(C[C@H]1COc2ccccc2O1)C(=O)c1cn(Cc2ccccc2Cl)nn1. The van der Waals surface area contributed by atoms with Crippen molar-refractivity contribution in [2.75, 3.05) is 20.2 Å². The number of likely N-dealkylation sites (N-methyl/N-ethyl adjacent to an activating group) is 1. The molecule has 0 aliphatic carbocycles. The van der Waals surface area contributed by atoms with Gasteiger partial charge in [0.15, 0.2) is 23.3 Å². The monoisotopic (exact) mass is 398 g/mol. The van der Waals surface area contributed by atoms with E-state index in [2.05, 4.69) is 10.3 Å². The highest BCUT2D eigenvalue weighted by molar-refractivity contribution is 6.31. The summed E-state index contributed by atoms with van der Waals surface area (Å²) in [4.78, 5) is 14.2. The van der Waals surface area contributed by atoms with E-state index in [4.69, 9.17) is 21.1 Å². The van der Waals surface area contributed by atoms with E-state index in [1.807, 2.05) is 48.5 Å². The molecule has 7 nitrogen and oxygen atoms in total. The van der Waals surface area contributed by atoms with E-state index in [0.717, 1.165) is 11.3 Å². The summed E-state index contributed by atoms with van der Waals surface area (Å²) in [5.74, 6) is 1.17. The van der Waals surface area contributed by atoms with E-state index >= 15 is 0 Å². The average molecular weight is 399 g/mol. The summed E-state index contributed by atoms with van der Waals surface area (Å²) >= 11 is 6.18. The summed E-state index contributed by atoms with van der Waals surface area (Å²) in [7, 11) is 1.71. The minimum atomic E-state index is -0.248. The molecule has 8 heteroatoms. The molecule has 0 spiro atoms. The molecule has 1 aliphatic rings. The first-order valence-corrected chi connectivity index (χ1v) is 9.25. The van der Waals surface area contributed by atoms with Gasteiger partial charge in [-0.2, -0.15) is 0 Å². The van der Waals surface area contributed by atoms with Crippen molar-refractivity contribution in [1.82, 2.24) is 19.9 Å². The second-order valence-corrected chi connectivity index (χ2v) is 6.98. The third-order valence-electron chi connectivity index (χ3n) is 4.44. The molecule has 1 amide bonds. The first-order valence-electron chi connectivity index (χ1n) is 8.87. The number of aromatic nitrogens is 3. The summed E-state index contributed by atoms with van der Waals surface area (Å²) in [6, 6.07) is 15.0. The van der Waals surface area contributed by atoms with Gasteiger partial charge in [0.1, 0.15) is 6.61 Å². The van der Waals surface area contributed by atoms with Crippen LogP contribution in [0.4, 0.5) is 0 Å². The average Bonchev–Trinajstić information content (AvgIpc) is 3.17. The molecule has 2 aromatic carbocycles. The van der Waals surface area contributed by atoms with Crippen LogP contribution in [0, 0.1) is 0 Å². The van der Waals surface area contributed by atoms with Crippen LogP contribution < -0.4 is 9.47 Å². The molecule has 0 saturated carbocycles. The van der Waals surface area contributed by atoms with E-state index in [1.165, 1.54) is 0 Å². The molecular formula is C20H19ClN4O3. The zero-order valence-electron chi connectivity index (χ0n) is 15.3. The number of nitrogens with zero attached hydrogens (tertiary/aromatic N) is 4. The molecule has 0 fully saturated rings. The van der Waals surface area contributed by atoms with Gasteiger partial charge in [-0.25, -0.2) is 4.68 Å². The first kappa shape index (κ1) is 18.3. The first-order chi connectivity index (χ1) is 13.6. The standard InChI is InChI=1S/C20H19ClN4O3/c1-24(11-15-13-27-18-8-4-5-9-19(18)28-15)20(26)17-12-25(23-22-17)10-14-6-2-3-7-16(14)21/h2-9,12,15H,10-11,13H2,1H3/t15-/m0/s1. The third kappa shape index (κ3) is 3.94. The predicted molar refractivity (Wildman–Crippen MR) is 104 cm³/mol. The van der Waals surface area contributed by atoms with Crippen LogP contribution in [0.25, 0.3) is 0 Å². The quantitative estimate of drug-likeness (QED) is 0.661. The Morgan fingerprint density at radius 3 is 2.79 bits per heavy atom. The molecule has 1 aromatic heterocycles. The van der Waals surface area contributed by atoms with Crippen LogP contribution in [0.1, 0.15) is 16.1 Å². The molecule has 1 atom stereocenters. The number of fused-ring (bicyclic) bond motifs is 1. The highest BCUT2D eigenvalue weighted by atomic mass is 35.5. The van der Waals surface area contributed by atoms with Crippen molar-refractivity contribution in [2.45, 2.75) is 12.6 Å². The predicted octanol–water partition coefficient (Wildman–Crippen LogP) is 2.89. The van der Waals surface area contributed by atoms with E-state index in [-0.39, 0.29) is 17.7 Å². The van der Waals surface area contributed by atoms with Crippen molar-refractivity contribution < 1.29 is 14.3 Å². The smallest absolute Gasteiger partial charge is 0.275 e. The molecule has 4 rings (SSSR count). The molecule has 0 saturated heterocycles. The highest BCUT2D eigenvalue weighted by Crippen LogP contribution is 2.31. The fourth-order valence-electron chi connectivity index (χ4n) is 3.01. The second kappa shape index (κ2) is 7.90. The second-order valence-electron chi connectivity index (χ2n) is 6.58. The van der Waals surface area contributed by atoms with Crippen LogP contribution in [0.3, 0.4) is 0 Å². The number of halogens is 1. The number of ether oxygens (including phenoxy) is 2. The van der Waals surface area contributed by atoms with Gasteiger partial charge in [0.25, 0.3) is 5.91 Å². The van der Waals surface area contributed by atoms with Crippen LogP contribution in [-0.2, 0) is 6.54 Å². The lowest BCUT2D eigenvalue weighted by atomic mass is 10.2. The van der Waals surface area contributed by atoms with Crippen LogP contribution in [0.15, 0.2) is 54.7 Å². The zero-order chi connectivity index (χ0) is 19.5. The Hall–Kier alpha value is -3.06. The summed E-state index contributed by atoms with van der Waals surface area (Å²) < 4.78 is 13.2. The largest absolute Gasteiger partial charge is 0.486 e. The molecule has 144 valence electrons. The Bertz CT molecular complexity index is 991. The summed E-state index contributed by atoms with van der Waals surface area (Å²) in [5.41, 5.74) is 1.18. The van der Waals surface area contributed by atoms with E-state index < -0.39 is 0 Å². The van der Waals surface area contributed by atoms with Gasteiger partial charge < -0.3 is 14.4 Å². The van der Waals surface area contributed by atoms with E-state index in [9.17, 15) is 4.79 Å². The van der Waals surface area contributed by atoms with Crippen LogP contribution in [-0.4, -0.2) is 52.1 Å². The molecular weight excluding hydrogens is 380 g/mol. The van der Waals surface area contributed by atoms with Gasteiger partial charge in [-0.1, -0.05) is 47.1 Å². The zero-order valence-corrected chi connectivity index (χ0v) is 16.0. The topological polar surface area (TPSA) is 69.5 Å². The van der Waals surface area contributed by atoms with Crippen molar-refractivity contribution in [2.24, 2.45) is 0 Å². The Kier molecular flexibility index (Phi) is 5.16. The van der Waals surface area contributed by atoms with Crippen LogP contribution >= 0.6 is 11.6 Å². The Morgan fingerprint density at radius 2 is 1.96 bits per heavy atom. The molecule has 0 unspecified atom stereocenters. The van der Waals surface area contributed by atoms with Gasteiger partial charge >= 0.3 is 0 Å². The number of carbonyl (C=O) groups excluding carboxylic acids is 1. The van der Waals surface area contributed by atoms with Crippen molar-refractivity contribution in [3.63, 3.8) is 0 Å². The number of para-hydroxylation sites is 2. The lowest BCUT2D eigenvalue weighted by molar-refractivity contribution is 0.0517. The molecule has 2 heterocycles. The molecule has 28 heavy (non-hydrogen) atoms. The van der Waals surface area contributed by atoms with Crippen LogP contribution in [0.2, 0.25) is 5.02 Å². The Balaban J connectivity index is 1.38. The maximum Gasteiger partial charge on any atom is 0.275 e. The van der Waals surface area contributed by atoms with Crippen molar-refractivity contribution >= 4 is 17.5 Å². The van der Waals surface area contributed by atoms with Gasteiger partial charge in [0.05, 0.1) is 19.3 Å². The summed E-state index contributed by atoms with van der Waals surface area (Å²) in [6.07, 6.45) is 1.37. The number of rotatable bonds is 5. The van der Waals surface area contributed by atoms with Crippen molar-refractivity contribution in [1.29, 1.82) is 0 Å². The molecule has 1 aliphatic heterocycles. The molecule has 3 aromatic rings. The fourth-order valence-corrected chi connectivity index (χ4v) is 3.21. The Labute approximate surface area is 167 Å². The summed E-state index contributed by atoms with van der Waals surface area (Å²) in [6.45, 7) is 1.21. The normalized spacial score (nSPS) is 15.3. The van der Waals surface area contributed by atoms with Gasteiger partial charge in [-0.05, 0) is 23.8 Å². The minimum Gasteiger partial charge on any atom is -0.486 e. The van der Waals surface area contributed by atoms with Gasteiger partial charge in [-0.3, -0.25) is 4.79 Å². The fraction of sp³-hybridized carbons (Fsp3) is 0.250. The number of benzene rings is 2. The third-order valence-corrected chi connectivity index (χ3v) is 4.81. The van der Waals surface area contributed by atoms with Crippen molar-refractivity contribution in [3.05, 3.63) is 71.0 Å².